The van der Waals surface area contributed by atoms with Crippen LogP contribution in [0.25, 0.3) is 0 Å². The standard InChI is InChI=1S/C13H21O5P/c1-2-3-4-5-6-11-17-12-7-9-13(10-8-12)18-19(14,15)16/h7-10H,2-6,11H2,1H3,(H2,14,15,16). The molecule has 1 aromatic carbocycles. The van der Waals surface area contributed by atoms with Crippen molar-refractivity contribution in [1.29, 1.82) is 0 Å². The fraction of sp³-hybridized carbons (Fsp3) is 0.538. The number of benzene rings is 1. The first-order chi connectivity index (χ1) is 9.01. The summed E-state index contributed by atoms with van der Waals surface area (Å²) in [6.45, 7) is 2.83. The van der Waals surface area contributed by atoms with Crippen LogP contribution in [0.5, 0.6) is 11.5 Å². The molecule has 0 spiro atoms. The van der Waals surface area contributed by atoms with Gasteiger partial charge in [0, 0.05) is 0 Å². The highest BCUT2D eigenvalue weighted by Crippen LogP contribution is 2.37. The molecule has 0 atom stereocenters. The van der Waals surface area contributed by atoms with Crippen LogP contribution in [0, 0.1) is 0 Å². The van der Waals surface area contributed by atoms with E-state index in [4.69, 9.17) is 14.5 Å². The molecule has 0 amide bonds. The summed E-state index contributed by atoms with van der Waals surface area (Å²) in [4.78, 5) is 17.3. The molecule has 0 radical (unpaired) electrons. The van der Waals surface area contributed by atoms with E-state index >= 15 is 0 Å². The first-order valence-corrected chi connectivity index (χ1v) is 8.02. The van der Waals surface area contributed by atoms with Gasteiger partial charge in [-0.3, -0.25) is 9.79 Å². The molecular weight excluding hydrogens is 267 g/mol. The molecule has 1 rings (SSSR count). The van der Waals surface area contributed by atoms with Gasteiger partial charge in [-0.05, 0) is 30.7 Å². The van der Waals surface area contributed by atoms with Crippen molar-refractivity contribution in [2.24, 2.45) is 0 Å². The molecule has 0 saturated heterocycles. The summed E-state index contributed by atoms with van der Waals surface area (Å²) < 4.78 is 20.6. The molecule has 5 nitrogen and oxygen atoms in total. The predicted molar refractivity (Wildman–Crippen MR) is 73.4 cm³/mol. The minimum atomic E-state index is -4.48. The highest BCUT2D eigenvalue weighted by Gasteiger charge is 2.15. The largest absolute Gasteiger partial charge is 0.524 e. The molecule has 0 aliphatic carbocycles. The van der Waals surface area contributed by atoms with Crippen LogP contribution in [0.2, 0.25) is 0 Å². The smallest absolute Gasteiger partial charge is 0.494 e. The van der Waals surface area contributed by atoms with Gasteiger partial charge in [-0.25, -0.2) is 4.57 Å². The molecular formula is C13H21O5P. The third kappa shape index (κ3) is 7.88. The van der Waals surface area contributed by atoms with Crippen LogP contribution in [0.4, 0.5) is 0 Å². The van der Waals surface area contributed by atoms with Gasteiger partial charge in [0.1, 0.15) is 11.5 Å². The summed E-state index contributed by atoms with van der Waals surface area (Å²) in [5.74, 6) is 0.803. The van der Waals surface area contributed by atoms with Gasteiger partial charge in [0.15, 0.2) is 0 Å². The van der Waals surface area contributed by atoms with Gasteiger partial charge in [-0.1, -0.05) is 32.6 Å². The van der Waals surface area contributed by atoms with Gasteiger partial charge < -0.3 is 9.26 Å². The van der Waals surface area contributed by atoms with E-state index in [2.05, 4.69) is 11.4 Å². The molecule has 2 N–H and O–H groups in total. The molecule has 0 saturated carbocycles. The van der Waals surface area contributed by atoms with Gasteiger partial charge in [-0.15, -0.1) is 0 Å². The lowest BCUT2D eigenvalue weighted by atomic mass is 10.2. The molecule has 1 aromatic rings. The van der Waals surface area contributed by atoms with Gasteiger partial charge in [0.05, 0.1) is 6.61 Å². The van der Waals surface area contributed by atoms with E-state index in [-0.39, 0.29) is 5.75 Å². The van der Waals surface area contributed by atoms with Crippen molar-refractivity contribution in [3.63, 3.8) is 0 Å². The molecule has 0 aliphatic rings. The van der Waals surface area contributed by atoms with E-state index in [9.17, 15) is 4.57 Å². The van der Waals surface area contributed by atoms with Crippen molar-refractivity contribution in [2.75, 3.05) is 6.61 Å². The Hall–Kier alpha value is -1.03. The zero-order valence-electron chi connectivity index (χ0n) is 11.1. The van der Waals surface area contributed by atoms with Crippen LogP contribution in [0.15, 0.2) is 24.3 Å². The summed E-state index contributed by atoms with van der Waals surface area (Å²) in [7, 11) is -4.48. The van der Waals surface area contributed by atoms with E-state index in [0.29, 0.717) is 12.4 Å². The lowest BCUT2D eigenvalue weighted by Gasteiger charge is -2.08. The minimum Gasteiger partial charge on any atom is -0.494 e. The molecule has 0 bridgehead atoms. The van der Waals surface area contributed by atoms with Crippen LogP contribution in [0.3, 0.4) is 0 Å². The lowest BCUT2D eigenvalue weighted by molar-refractivity contribution is 0.282. The number of unbranched alkanes of at least 4 members (excludes halogenated alkanes) is 4. The molecule has 0 unspecified atom stereocenters. The average Bonchev–Trinajstić information content (AvgIpc) is 2.34. The van der Waals surface area contributed by atoms with E-state index < -0.39 is 7.82 Å². The number of rotatable bonds is 9. The molecule has 19 heavy (non-hydrogen) atoms. The zero-order valence-corrected chi connectivity index (χ0v) is 12.0. The third-order valence-electron chi connectivity index (χ3n) is 2.56. The number of hydrogen-bond donors (Lipinski definition) is 2. The van der Waals surface area contributed by atoms with Gasteiger partial charge >= 0.3 is 7.82 Å². The quantitative estimate of drug-likeness (QED) is 0.537. The van der Waals surface area contributed by atoms with E-state index in [0.717, 1.165) is 12.8 Å². The van der Waals surface area contributed by atoms with Crippen molar-refractivity contribution in [3.05, 3.63) is 24.3 Å². The van der Waals surface area contributed by atoms with Crippen molar-refractivity contribution >= 4 is 7.82 Å². The highest BCUT2D eigenvalue weighted by molar-refractivity contribution is 7.46. The maximum atomic E-state index is 10.6. The van der Waals surface area contributed by atoms with Crippen molar-refractivity contribution in [2.45, 2.75) is 39.0 Å². The van der Waals surface area contributed by atoms with Crippen LogP contribution in [-0.4, -0.2) is 16.4 Å². The Kier molecular flexibility index (Phi) is 6.92. The summed E-state index contributed by atoms with van der Waals surface area (Å²) in [5.41, 5.74) is 0. The summed E-state index contributed by atoms with van der Waals surface area (Å²) in [6, 6.07) is 6.23. The summed E-state index contributed by atoms with van der Waals surface area (Å²) >= 11 is 0. The second-order valence-corrected chi connectivity index (χ2v) is 5.48. The minimum absolute atomic E-state index is 0.128. The van der Waals surface area contributed by atoms with Crippen LogP contribution in [0.1, 0.15) is 39.0 Å². The average molecular weight is 288 g/mol. The monoisotopic (exact) mass is 288 g/mol. The molecule has 0 aromatic heterocycles. The van der Waals surface area contributed by atoms with Gasteiger partial charge in [-0.2, -0.15) is 0 Å². The molecule has 0 aliphatic heterocycles. The topological polar surface area (TPSA) is 76.0 Å². The van der Waals surface area contributed by atoms with Crippen molar-refractivity contribution in [3.8, 4) is 11.5 Å². The Morgan fingerprint density at radius 3 is 2.16 bits per heavy atom. The summed E-state index contributed by atoms with van der Waals surface area (Å²) in [5, 5.41) is 0. The van der Waals surface area contributed by atoms with Gasteiger partial charge in [0.2, 0.25) is 0 Å². The Balaban J connectivity index is 2.26. The maximum Gasteiger partial charge on any atom is 0.524 e. The molecule has 6 heteroatoms. The Labute approximate surface area is 113 Å². The Bertz CT molecular complexity index is 398. The normalized spacial score (nSPS) is 11.3. The first kappa shape index (κ1) is 16.0. The second kappa shape index (κ2) is 8.20. The summed E-state index contributed by atoms with van der Waals surface area (Å²) in [6.07, 6.45) is 5.89. The molecule has 0 heterocycles. The van der Waals surface area contributed by atoms with Crippen LogP contribution >= 0.6 is 7.82 Å². The predicted octanol–water partition coefficient (Wildman–Crippen LogP) is 3.51. The SMILES string of the molecule is CCCCCCCOc1ccc(OP(=O)(O)O)cc1. The van der Waals surface area contributed by atoms with E-state index in [1.54, 1.807) is 12.1 Å². The second-order valence-electron chi connectivity index (χ2n) is 4.32. The van der Waals surface area contributed by atoms with E-state index in [1.165, 1.54) is 31.4 Å². The Morgan fingerprint density at radius 2 is 1.58 bits per heavy atom. The Morgan fingerprint density at radius 1 is 1.00 bits per heavy atom. The number of ether oxygens (including phenoxy) is 1. The maximum absolute atomic E-state index is 10.6. The van der Waals surface area contributed by atoms with Crippen molar-refractivity contribution < 1.29 is 23.6 Å². The zero-order chi connectivity index (χ0) is 14.1. The number of hydrogen-bond acceptors (Lipinski definition) is 3. The van der Waals surface area contributed by atoms with Crippen LogP contribution < -0.4 is 9.26 Å². The number of phosphoric ester groups is 1. The van der Waals surface area contributed by atoms with Crippen LogP contribution in [-0.2, 0) is 4.57 Å². The fourth-order valence-electron chi connectivity index (χ4n) is 1.63. The molecule has 0 fully saturated rings. The fourth-order valence-corrected chi connectivity index (χ4v) is 2.03. The highest BCUT2D eigenvalue weighted by atomic mass is 31.2. The first-order valence-electron chi connectivity index (χ1n) is 6.49. The lowest BCUT2D eigenvalue weighted by Crippen LogP contribution is -1.97. The molecule has 108 valence electrons. The van der Waals surface area contributed by atoms with Crippen molar-refractivity contribution in [1.82, 2.24) is 0 Å². The van der Waals surface area contributed by atoms with E-state index in [1.807, 2.05) is 0 Å². The third-order valence-corrected chi connectivity index (χ3v) is 3.01. The number of phosphoric acid groups is 1. The van der Waals surface area contributed by atoms with Gasteiger partial charge in [0.25, 0.3) is 0 Å².